The maximum absolute atomic E-state index is 14.1. The fourth-order valence-corrected chi connectivity index (χ4v) is 11.0. The number of hydrogen-bond donors (Lipinski definition) is 6. The Morgan fingerprint density at radius 2 is 0.880 bits per heavy atom. The van der Waals surface area contributed by atoms with Gasteiger partial charge in [0.05, 0.1) is 61.9 Å². The average molecular weight is 1370 g/mol. The molecule has 7 N–H and O–H groups in total. The van der Waals surface area contributed by atoms with Crippen molar-refractivity contribution in [2.45, 2.75) is 53.4 Å². The van der Waals surface area contributed by atoms with Crippen LogP contribution in [-0.4, -0.2) is 93.2 Å². The van der Waals surface area contributed by atoms with E-state index in [1.54, 1.807) is 78.9 Å². The molecule has 0 aliphatic heterocycles. The number of benzene rings is 8. The summed E-state index contributed by atoms with van der Waals surface area (Å²) in [5, 5.41) is 38.3. The summed E-state index contributed by atoms with van der Waals surface area (Å²) in [6.45, 7) is 6.87. The van der Waals surface area contributed by atoms with Crippen LogP contribution >= 0.6 is 0 Å². The molecule has 100 heavy (non-hydrogen) atoms. The number of para-hydroxylation sites is 2. The number of phenolic OH excluding ortho intramolecular Hbond substituents is 2. The van der Waals surface area contributed by atoms with Crippen molar-refractivity contribution in [2.75, 3.05) is 42.7 Å². The second-order valence-electron chi connectivity index (χ2n) is 22.1. The minimum Gasteiger partial charge on any atom is -0.502 e. The van der Waals surface area contributed by atoms with Gasteiger partial charge >= 0.3 is 17.9 Å². The van der Waals surface area contributed by atoms with E-state index >= 15 is 0 Å². The van der Waals surface area contributed by atoms with Crippen LogP contribution in [0.1, 0.15) is 102 Å². The number of esters is 1. The summed E-state index contributed by atoms with van der Waals surface area (Å²) in [5.74, 6) is 3.79. The van der Waals surface area contributed by atoms with Gasteiger partial charge in [0.25, 0.3) is 5.91 Å². The normalized spacial score (nSPS) is 12.9. The van der Waals surface area contributed by atoms with E-state index in [9.17, 15) is 52.5 Å². The lowest BCUT2D eigenvalue weighted by Crippen LogP contribution is -2.26. The van der Waals surface area contributed by atoms with Gasteiger partial charge in [0.15, 0.2) is 40.2 Å². The maximum Gasteiger partial charge on any atom is 0.308 e. The van der Waals surface area contributed by atoms with Crippen LogP contribution in [0, 0.1) is 17.5 Å². The predicted molar refractivity (Wildman–Crippen MR) is 371 cm³/mol. The van der Waals surface area contributed by atoms with Crippen molar-refractivity contribution in [1.29, 1.82) is 0 Å². The Hall–Kier alpha value is -12.2. The van der Waals surface area contributed by atoms with Crippen molar-refractivity contribution in [3.63, 3.8) is 0 Å². The van der Waals surface area contributed by atoms with E-state index in [0.717, 1.165) is 62.1 Å². The topological polar surface area (TPSA) is 287 Å². The molecule has 1 amide bonds. The highest BCUT2D eigenvalue weighted by molar-refractivity contribution is 6.09. The van der Waals surface area contributed by atoms with Gasteiger partial charge in [0.2, 0.25) is 17.2 Å². The van der Waals surface area contributed by atoms with Crippen LogP contribution in [0.2, 0.25) is 0 Å². The summed E-state index contributed by atoms with van der Waals surface area (Å²) in [7, 11) is 8.62. The first-order chi connectivity index (χ1) is 47.9. The molecule has 0 spiro atoms. The van der Waals surface area contributed by atoms with E-state index in [0.29, 0.717) is 56.7 Å². The summed E-state index contributed by atoms with van der Waals surface area (Å²) in [5.41, 5.74) is 15.1. The molecule has 0 fully saturated rings. The number of rotatable bonds is 19. The maximum atomic E-state index is 14.1. The number of nitrogens with one attached hydrogen (secondary N) is 1. The number of allylic oxidation sites excluding steroid dienone is 5. The Bertz CT molecular complexity index is 4450. The van der Waals surface area contributed by atoms with Crippen LogP contribution in [-0.2, 0) is 25.6 Å². The van der Waals surface area contributed by atoms with E-state index in [1.165, 1.54) is 98.1 Å². The van der Waals surface area contributed by atoms with Crippen molar-refractivity contribution in [3.05, 3.63) is 236 Å². The zero-order valence-electron chi connectivity index (χ0n) is 56.2. The third-order valence-corrected chi connectivity index (χ3v) is 15.7. The smallest absolute Gasteiger partial charge is 0.308 e. The van der Waals surface area contributed by atoms with Gasteiger partial charge in [-0.15, -0.1) is 0 Å². The van der Waals surface area contributed by atoms with Gasteiger partial charge in [-0.05, 0) is 220 Å². The van der Waals surface area contributed by atoms with E-state index < -0.39 is 23.7 Å². The summed E-state index contributed by atoms with van der Waals surface area (Å²) in [6.07, 6.45) is 4.91. The van der Waals surface area contributed by atoms with Gasteiger partial charge in [-0.25, -0.2) is 13.2 Å². The van der Waals surface area contributed by atoms with Crippen molar-refractivity contribution in [3.8, 4) is 63.2 Å². The number of halogens is 3. The first kappa shape index (κ1) is 75.1. The van der Waals surface area contributed by atoms with Gasteiger partial charge in [-0.3, -0.25) is 24.0 Å². The largest absolute Gasteiger partial charge is 0.502 e. The predicted octanol–water partition coefficient (Wildman–Crippen LogP) is 14.7. The van der Waals surface area contributed by atoms with Crippen LogP contribution in [0.3, 0.4) is 0 Å². The van der Waals surface area contributed by atoms with Crippen LogP contribution < -0.4 is 54.2 Å². The van der Waals surface area contributed by atoms with E-state index in [2.05, 4.69) is 10.3 Å². The van der Waals surface area contributed by atoms with Gasteiger partial charge < -0.3 is 63.3 Å². The molecule has 0 unspecified atom stereocenters. The molecule has 0 bridgehead atoms. The number of aldehydes is 1. The average Bonchev–Trinajstić information content (AvgIpc) is 1.61. The molecule has 0 atom stereocenters. The molecule has 0 aromatic heterocycles. The Balaban J connectivity index is 0.000000189. The molecule has 0 saturated heterocycles. The summed E-state index contributed by atoms with van der Waals surface area (Å²) < 4.78 is 76.8. The molecule has 0 saturated carbocycles. The number of aromatic hydroxyl groups is 2. The minimum atomic E-state index is -0.978. The number of amides is 1. The highest BCUT2D eigenvalue weighted by atomic mass is 19.1. The van der Waals surface area contributed by atoms with Crippen LogP contribution in [0.25, 0.3) is 40.0 Å². The standard InChI is InChI=1S/C27H24FNO5.C21H19FO5.C12H11FO2.C11H12O5.C6H7NO/c1-16-21(11-17-12-24(32-2)27(31)25(13-17)33-3)20-10-9-18(28)14-23(20)22(16)15-26(30)29-34-19-7-5-4-6-8-19;1-11-15(6-12-7-18(26-2)21(25)19(8-12)27-3)14-5-4-13(22)9-17(14)16(11)10-20(23)24;1-7-4-8-2-3-9(13)5-11(8)10(7)6-12(14)15;1-7(13)16-11-9(14-2)4-8(6-12)5-10(11)15-3;7-8-6-4-2-1-3-5-6/h4-14,31H,15H2,1-3H3,(H,29,30);4-9,25H,10H2,1-3H3,(H,23,24);2-3,5H,4,6H2,1H3,(H,14,15);4-6H,1-3H3;1-5H,7H2/b21-11-;15-6-;;;. The van der Waals surface area contributed by atoms with Gasteiger partial charge in [-0.2, -0.15) is 11.4 Å². The molecule has 0 heterocycles. The number of nitrogens with two attached hydrogens (primary N) is 1. The number of carboxylic acids is 2. The highest BCUT2D eigenvalue weighted by Crippen LogP contribution is 2.48. The summed E-state index contributed by atoms with van der Waals surface area (Å²) in [4.78, 5) is 65.9. The van der Waals surface area contributed by atoms with E-state index in [-0.39, 0.29) is 88.5 Å². The Morgan fingerprint density at radius 3 is 1.27 bits per heavy atom. The second-order valence-corrected chi connectivity index (χ2v) is 22.1. The first-order valence-corrected chi connectivity index (χ1v) is 30.5. The lowest BCUT2D eigenvalue weighted by atomic mass is 10.00. The molecule has 11 rings (SSSR count). The number of fused-ring (bicyclic) bond motifs is 3. The zero-order chi connectivity index (χ0) is 72.9. The Labute approximate surface area is 574 Å². The third-order valence-electron chi connectivity index (χ3n) is 15.7. The van der Waals surface area contributed by atoms with Crippen molar-refractivity contribution >= 4 is 70.1 Å². The van der Waals surface area contributed by atoms with Crippen LogP contribution in [0.5, 0.6) is 63.2 Å². The number of carbonyl (C=O) groups is 5. The Kier molecular flexibility index (Phi) is 26.4. The lowest BCUT2D eigenvalue weighted by molar-refractivity contribution is -0.136. The highest BCUT2D eigenvalue weighted by Gasteiger charge is 2.29. The van der Waals surface area contributed by atoms with Gasteiger partial charge in [0.1, 0.15) is 29.5 Å². The summed E-state index contributed by atoms with van der Waals surface area (Å²) >= 11 is 0. The molecule has 3 aliphatic rings. The molecular formula is C77H73F3N2O18. The SMILES string of the molecule is CC1=C(CC(=O)O)c2cc(F)ccc2C1.COc1cc(/C=C2/C(C)=C(CC(=O)NOc3ccccc3)c3cc(F)ccc32)cc(OC)c1O.COc1cc(/C=C2/C(C)=C(CC(=O)O)c3cc(F)ccc32)cc(OC)c1O.COc1cc(C=O)cc(OC)c1OC(C)=O.NOc1ccccc1. The molecule has 20 nitrogen and oxygen atoms in total. The lowest BCUT2D eigenvalue weighted by Gasteiger charge is -2.12. The molecule has 3 aliphatic carbocycles. The fraction of sp³-hybridized carbons (Fsp3) is 0.182. The molecule has 23 heteroatoms. The number of phenols is 2. The molecule has 8 aromatic carbocycles. The van der Waals surface area contributed by atoms with E-state index in [1.807, 2.05) is 57.2 Å². The number of hydrogen-bond acceptors (Lipinski definition) is 17. The third kappa shape index (κ3) is 19.1. The first-order valence-electron chi connectivity index (χ1n) is 30.5. The number of carbonyl (C=O) groups excluding carboxylic acids is 3. The van der Waals surface area contributed by atoms with Gasteiger partial charge in [-0.1, -0.05) is 60.2 Å². The number of methoxy groups -OCH3 is 6. The molecule has 0 radical (unpaired) electrons. The second kappa shape index (κ2) is 35.1. The van der Waals surface area contributed by atoms with Crippen molar-refractivity contribution in [1.82, 2.24) is 5.48 Å². The van der Waals surface area contributed by atoms with Crippen molar-refractivity contribution < 1.29 is 100 Å². The zero-order valence-corrected chi connectivity index (χ0v) is 56.2. The van der Waals surface area contributed by atoms with Crippen LogP contribution in [0.4, 0.5) is 13.2 Å². The number of ether oxygens (including phenoxy) is 7. The van der Waals surface area contributed by atoms with Crippen molar-refractivity contribution in [2.24, 2.45) is 5.90 Å². The number of carboxylic acid groups (broad SMARTS) is 2. The monoisotopic (exact) mass is 1370 g/mol. The number of aliphatic carboxylic acids is 2. The fourth-order valence-electron chi connectivity index (χ4n) is 11.0. The quantitative estimate of drug-likeness (QED) is 0.0190. The molecular weight excluding hydrogens is 1300 g/mol. The van der Waals surface area contributed by atoms with E-state index in [4.69, 9.17) is 49.0 Å². The van der Waals surface area contributed by atoms with Crippen LogP contribution in [0.15, 0.2) is 168 Å². The summed E-state index contributed by atoms with van der Waals surface area (Å²) in [6, 6.07) is 41.1. The number of hydroxylamine groups is 1. The minimum absolute atomic E-state index is 0.00861. The molecule has 8 aromatic rings. The molecule has 520 valence electrons. The van der Waals surface area contributed by atoms with Gasteiger partial charge in [0, 0.05) is 12.5 Å². The Morgan fingerprint density at radius 1 is 0.490 bits per heavy atom.